The van der Waals surface area contributed by atoms with Crippen LogP contribution in [0.3, 0.4) is 0 Å². The molecule has 0 aliphatic heterocycles. The molecule has 112 valence electrons. The third kappa shape index (κ3) is 3.22. The molecule has 1 aromatic heterocycles. The van der Waals surface area contributed by atoms with Crippen LogP contribution in [0.4, 0.5) is 20.2 Å². The van der Waals surface area contributed by atoms with Crippen LogP contribution in [0.25, 0.3) is 0 Å². The highest BCUT2D eigenvalue weighted by Crippen LogP contribution is 2.24. The Morgan fingerprint density at radius 3 is 2.52 bits per heavy atom. The zero-order chi connectivity index (χ0) is 15.8. The van der Waals surface area contributed by atoms with E-state index in [1.807, 2.05) is 0 Å². The summed E-state index contributed by atoms with van der Waals surface area (Å²) >= 11 is 5.73. The van der Waals surface area contributed by atoms with Crippen LogP contribution >= 0.6 is 11.6 Å². The van der Waals surface area contributed by atoms with E-state index >= 15 is 0 Å². The predicted molar refractivity (Wildman–Crippen MR) is 75.6 cm³/mol. The summed E-state index contributed by atoms with van der Waals surface area (Å²) in [6.45, 7) is 1.63. The molecule has 0 bridgehead atoms. The van der Waals surface area contributed by atoms with E-state index in [1.54, 1.807) is 6.92 Å². The number of benzene rings is 1. The maximum absolute atomic E-state index is 13.6. The van der Waals surface area contributed by atoms with Crippen molar-refractivity contribution in [3.05, 3.63) is 46.7 Å². The fourth-order valence-electron chi connectivity index (χ4n) is 1.57. The van der Waals surface area contributed by atoms with Crippen molar-refractivity contribution in [3.63, 3.8) is 0 Å². The van der Waals surface area contributed by atoms with Crippen molar-refractivity contribution in [3.8, 4) is 0 Å². The lowest BCUT2D eigenvalue weighted by molar-refractivity contribution is 0.553. The van der Waals surface area contributed by atoms with Gasteiger partial charge in [-0.25, -0.2) is 22.2 Å². The Morgan fingerprint density at radius 2 is 1.90 bits per heavy atom. The molecule has 5 nitrogen and oxygen atoms in total. The van der Waals surface area contributed by atoms with E-state index in [4.69, 9.17) is 17.3 Å². The lowest BCUT2D eigenvalue weighted by Gasteiger charge is -2.10. The molecule has 0 atom stereocenters. The molecule has 2 rings (SSSR count). The van der Waals surface area contributed by atoms with Crippen molar-refractivity contribution in [1.82, 2.24) is 4.98 Å². The monoisotopic (exact) mass is 333 g/mol. The molecular formula is C12H10ClF2N3O2S. The molecule has 0 saturated heterocycles. The summed E-state index contributed by atoms with van der Waals surface area (Å²) < 4.78 is 53.0. The van der Waals surface area contributed by atoms with Gasteiger partial charge in [0.15, 0.2) is 0 Å². The van der Waals surface area contributed by atoms with Crippen molar-refractivity contribution >= 4 is 33.0 Å². The van der Waals surface area contributed by atoms with E-state index in [0.29, 0.717) is 17.7 Å². The molecule has 0 saturated carbocycles. The molecule has 0 fully saturated rings. The summed E-state index contributed by atoms with van der Waals surface area (Å²) in [5, 5.41) is 0.218. The number of nitrogen functional groups attached to an aromatic ring is 1. The quantitative estimate of drug-likeness (QED) is 0.668. The van der Waals surface area contributed by atoms with Crippen LogP contribution in [0.1, 0.15) is 5.56 Å². The Bertz CT molecular complexity index is 812. The Morgan fingerprint density at radius 1 is 1.24 bits per heavy atom. The van der Waals surface area contributed by atoms with Gasteiger partial charge in [-0.1, -0.05) is 11.6 Å². The van der Waals surface area contributed by atoms with Gasteiger partial charge in [0.05, 0.1) is 17.6 Å². The van der Waals surface area contributed by atoms with Gasteiger partial charge in [-0.3, -0.25) is 4.72 Å². The molecular weight excluding hydrogens is 324 g/mol. The fraction of sp³-hybridized carbons (Fsp3) is 0.0833. The number of nitrogens with one attached hydrogen (secondary N) is 1. The zero-order valence-electron chi connectivity index (χ0n) is 10.7. The first-order chi connectivity index (χ1) is 9.70. The average Bonchev–Trinajstić information content (AvgIpc) is 2.37. The van der Waals surface area contributed by atoms with Gasteiger partial charge >= 0.3 is 0 Å². The SMILES string of the molecule is Cc1cc(NS(=O)(=O)c2cc(N)c(F)cc2F)cnc1Cl. The molecule has 1 heterocycles. The van der Waals surface area contributed by atoms with Gasteiger partial charge in [0, 0.05) is 6.07 Å². The number of aromatic nitrogens is 1. The average molecular weight is 334 g/mol. The standard InChI is InChI=1S/C12H10ClF2N3O2S/c1-6-2-7(5-17-12(6)13)18-21(19,20)11-4-10(16)8(14)3-9(11)15/h2-5,18H,16H2,1H3. The molecule has 0 amide bonds. The topological polar surface area (TPSA) is 85.1 Å². The maximum Gasteiger partial charge on any atom is 0.264 e. The first-order valence-electron chi connectivity index (χ1n) is 5.60. The highest BCUT2D eigenvalue weighted by Gasteiger charge is 2.21. The van der Waals surface area contributed by atoms with Gasteiger partial charge in [0.1, 0.15) is 21.7 Å². The minimum absolute atomic E-state index is 0.0965. The first kappa shape index (κ1) is 15.5. The Hall–Kier alpha value is -1.93. The minimum Gasteiger partial charge on any atom is -0.396 e. The van der Waals surface area contributed by atoms with Gasteiger partial charge in [0.25, 0.3) is 10.0 Å². The summed E-state index contributed by atoms with van der Waals surface area (Å²) in [5.74, 6) is -2.27. The maximum atomic E-state index is 13.6. The summed E-state index contributed by atoms with van der Waals surface area (Å²) in [6, 6.07) is 2.55. The number of nitrogens with zero attached hydrogens (tertiary/aromatic N) is 1. The summed E-state index contributed by atoms with van der Waals surface area (Å²) in [6.07, 6.45) is 1.18. The van der Waals surface area contributed by atoms with Crippen LogP contribution in [-0.4, -0.2) is 13.4 Å². The Kier molecular flexibility index (Phi) is 4.02. The Balaban J connectivity index is 2.43. The third-order valence-corrected chi connectivity index (χ3v) is 4.40. The Labute approximate surface area is 124 Å². The van der Waals surface area contributed by atoms with Crippen LogP contribution in [0.15, 0.2) is 29.3 Å². The number of anilines is 2. The molecule has 9 heteroatoms. The largest absolute Gasteiger partial charge is 0.396 e. The predicted octanol–water partition coefficient (Wildman–Crippen LogP) is 2.70. The lowest BCUT2D eigenvalue weighted by atomic mass is 10.3. The molecule has 3 N–H and O–H groups in total. The number of hydrogen-bond donors (Lipinski definition) is 2. The highest BCUT2D eigenvalue weighted by atomic mass is 35.5. The number of halogens is 3. The third-order valence-electron chi connectivity index (χ3n) is 2.61. The fourth-order valence-corrected chi connectivity index (χ4v) is 2.81. The van der Waals surface area contributed by atoms with E-state index in [0.717, 1.165) is 0 Å². The molecule has 0 unspecified atom stereocenters. The van der Waals surface area contributed by atoms with Gasteiger partial charge in [-0.05, 0) is 24.6 Å². The molecule has 21 heavy (non-hydrogen) atoms. The van der Waals surface area contributed by atoms with Crippen LogP contribution < -0.4 is 10.5 Å². The second-order valence-electron chi connectivity index (χ2n) is 4.24. The smallest absolute Gasteiger partial charge is 0.264 e. The molecule has 0 spiro atoms. The van der Waals surface area contributed by atoms with E-state index in [1.165, 1.54) is 12.3 Å². The molecule has 1 aromatic carbocycles. The van der Waals surface area contributed by atoms with E-state index in [-0.39, 0.29) is 10.8 Å². The van der Waals surface area contributed by atoms with Crippen molar-refractivity contribution < 1.29 is 17.2 Å². The molecule has 2 aromatic rings. The molecule has 0 radical (unpaired) electrons. The number of sulfonamides is 1. The van der Waals surface area contributed by atoms with Gasteiger partial charge in [0.2, 0.25) is 0 Å². The minimum atomic E-state index is -4.27. The van der Waals surface area contributed by atoms with Crippen molar-refractivity contribution in [2.75, 3.05) is 10.5 Å². The van der Waals surface area contributed by atoms with Gasteiger partial charge < -0.3 is 5.73 Å². The van der Waals surface area contributed by atoms with Crippen molar-refractivity contribution in [2.24, 2.45) is 0 Å². The number of rotatable bonds is 3. The second kappa shape index (κ2) is 5.45. The van der Waals surface area contributed by atoms with Crippen LogP contribution in [0.2, 0.25) is 5.15 Å². The number of pyridine rings is 1. The normalized spacial score (nSPS) is 11.4. The van der Waals surface area contributed by atoms with E-state index in [9.17, 15) is 17.2 Å². The summed E-state index contributed by atoms with van der Waals surface area (Å²) in [5.41, 5.74) is 5.42. The van der Waals surface area contributed by atoms with E-state index < -0.39 is 32.2 Å². The van der Waals surface area contributed by atoms with Crippen LogP contribution in [0, 0.1) is 18.6 Å². The molecule has 0 aliphatic carbocycles. The van der Waals surface area contributed by atoms with Gasteiger partial charge in [-0.15, -0.1) is 0 Å². The van der Waals surface area contributed by atoms with Gasteiger partial charge in [-0.2, -0.15) is 0 Å². The first-order valence-corrected chi connectivity index (χ1v) is 7.46. The number of hydrogen-bond acceptors (Lipinski definition) is 4. The second-order valence-corrected chi connectivity index (χ2v) is 6.25. The number of nitrogens with two attached hydrogens (primary N) is 1. The lowest BCUT2D eigenvalue weighted by Crippen LogP contribution is -2.15. The highest BCUT2D eigenvalue weighted by molar-refractivity contribution is 7.92. The van der Waals surface area contributed by atoms with Crippen LogP contribution in [0.5, 0.6) is 0 Å². The van der Waals surface area contributed by atoms with Crippen molar-refractivity contribution in [2.45, 2.75) is 11.8 Å². The summed E-state index contributed by atoms with van der Waals surface area (Å²) in [7, 11) is -4.27. The van der Waals surface area contributed by atoms with E-state index in [2.05, 4.69) is 9.71 Å². The summed E-state index contributed by atoms with van der Waals surface area (Å²) in [4.78, 5) is 3.02. The van der Waals surface area contributed by atoms with Crippen molar-refractivity contribution in [1.29, 1.82) is 0 Å². The van der Waals surface area contributed by atoms with Crippen LogP contribution in [-0.2, 0) is 10.0 Å². The zero-order valence-corrected chi connectivity index (χ0v) is 12.3. The number of aryl methyl sites for hydroxylation is 1. The molecule has 0 aliphatic rings.